The van der Waals surface area contributed by atoms with E-state index in [4.69, 9.17) is 0 Å². The van der Waals surface area contributed by atoms with Gasteiger partial charge in [-0.15, -0.1) is 10.2 Å². The highest BCUT2D eigenvalue weighted by Crippen LogP contribution is 2.29. The van der Waals surface area contributed by atoms with Crippen LogP contribution in [0.5, 0.6) is 0 Å². The van der Waals surface area contributed by atoms with E-state index in [2.05, 4.69) is 31.2 Å². The molecule has 4 rings (SSSR count). The fourth-order valence-electron chi connectivity index (χ4n) is 2.32. The number of aromatic nitrogens is 3. The maximum absolute atomic E-state index is 14.0. The van der Waals surface area contributed by atoms with Crippen molar-refractivity contribution >= 4 is 33.4 Å². The van der Waals surface area contributed by atoms with Crippen LogP contribution in [-0.4, -0.2) is 26.3 Å². The smallest absolute Gasteiger partial charge is 0.206 e. The highest BCUT2D eigenvalue weighted by molar-refractivity contribution is 9.10. The van der Waals surface area contributed by atoms with Crippen LogP contribution < -0.4 is 0 Å². The van der Waals surface area contributed by atoms with Gasteiger partial charge in [0.05, 0.1) is 11.3 Å². The molecule has 0 saturated carbocycles. The summed E-state index contributed by atoms with van der Waals surface area (Å²) in [6.45, 7) is 0. The first-order valence-electron chi connectivity index (χ1n) is 6.89. The van der Waals surface area contributed by atoms with E-state index in [0.717, 1.165) is 15.7 Å². The molecular formula is C16H10BrFN4S. The van der Waals surface area contributed by atoms with Gasteiger partial charge in [0.15, 0.2) is 5.82 Å². The average Bonchev–Trinajstić information content (AvgIpc) is 2.99. The van der Waals surface area contributed by atoms with Crippen LogP contribution in [0.1, 0.15) is 5.56 Å². The van der Waals surface area contributed by atoms with E-state index in [9.17, 15) is 4.39 Å². The predicted molar refractivity (Wildman–Crippen MR) is 92.2 cm³/mol. The molecule has 2 heterocycles. The van der Waals surface area contributed by atoms with E-state index in [1.165, 1.54) is 6.07 Å². The van der Waals surface area contributed by atoms with Crippen molar-refractivity contribution in [2.75, 3.05) is 5.75 Å². The minimum absolute atomic E-state index is 0.335. The van der Waals surface area contributed by atoms with Crippen LogP contribution in [0.15, 0.2) is 63.3 Å². The van der Waals surface area contributed by atoms with Crippen LogP contribution in [0, 0.1) is 5.82 Å². The quantitative estimate of drug-likeness (QED) is 0.660. The molecule has 0 bridgehead atoms. The molecule has 0 radical (unpaired) electrons. The number of halogens is 2. The summed E-state index contributed by atoms with van der Waals surface area (Å²) in [7, 11) is 0. The van der Waals surface area contributed by atoms with E-state index in [1.807, 2.05) is 24.3 Å². The van der Waals surface area contributed by atoms with Crippen LogP contribution in [0.2, 0.25) is 0 Å². The zero-order chi connectivity index (χ0) is 15.8. The van der Waals surface area contributed by atoms with Crippen LogP contribution >= 0.6 is 27.7 Å². The minimum atomic E-state index is -0.335. The van der Waals surface area contributed by atoms with Gasteiger partial charge in [-0.2, -0.15) is 9.78 Å². The van der Waals surface area contributed by atoms with Gasteiger partial charge in [-0.3, -0.25) is 0 Å². The summed E-state index contributed by atoms with van der Waals surface area (Å²) < 4.78 is 16.7. The highest BCUT2D eigenvalue weighted by Gasteiger charge is 2.22. The molecule has 1 aromatic heterocycles. The molecule has 1 aliphatic rings. The van der Waals surface area contributed by atoms with E-state index in [0.29, 0.717) is 22.3 Å². The van der Waals surface area contributed by atoms with Crippen molar-refractivity contribution in [2.24, 2.45) is 5.10 Å². The van der Waals surface area contributed by atoms with Crippen molar-refractivity contribution in [3.63, 3.8) is 0 Å². The second-order valence-corrected chi connectivity index (χ2v) is 6.80. The highest BCUT2D eigenvalue weighted by atomic mass is 79.9. The summed E-state index contributed by atoms with van der Waals surface area (Å²) in [5, 5.41) is 13.5. The van der Waals surface area contributed by atoms with E-state index in [1.54, 1.807) is 34.6 Å². The zero-order valence-corrected chi connectivity index (χ0v) is 14.2. The van der Waals surface area contributed by atoms with Gasteiger partial charge < -0.3 is 0 Å². The van der Waals surface area contributed by atoms with Gasteiger partial charge in [-0.1, -0.05) is 52.0 Å². The molecule has 0 unspecified atom stereocenters. The lowest BCUT2D eigenvalue weighted by molar-refractivity contribution is 0.627. The third-order valence-corrected chi connectivity index (χ3v) is 4.92. The molecule has 0 amide bonds. The number of benzene rings is 2. The van der Waals surface area contributed by atoms with Crippen LogP contribution in [-0.2, 0) is 0 Å². The normalized spacial score (nSPS) is 13.6. The Balaban J connectivity index is 1.81. The van der Waals surface area contributed by atoms with E-state index in [-0.39, 0.29) is 5.82 Å². The molecule has 3 aromatic rings. The van der Waals surface area contributed by atoms with Crippen molar-refractivity contribution in [1.29, 1.82) is 0 Å². The number of hydrogen-bond acceptors (Lipinski definition) is 4. The largest absolute Gasteiger partial charge is 0.212 e. The van der Waals surface area contributed by atoms with Gasteiger partial charge >= 0.3 is 0 Å². The Morgan fingerprint density at radius 1 is 1.04 bits per heavy atom. The molecule has 0 aliphatic carbocycles. The Labute approximate surface area is 144 Å². The first-order chi connectivity index (χ1) is 11.2. The molecule has 1 aliphatic heterocycles. The van der Waals surface area contributed by atoms with Gasteiger partial charge in [-0.25, -0.2) is 4.39 Å². The summed E-state index contributed by atoms with van der Waals surface area (Å²) in [6, 6.07) is 14.5. The Hall–Kier alpha value is -1.99. The fraction of sp³-hybridized carbons (Fsp3) is 0.0625. The lowest BCUT2D eigenvalue weighted by atomic mass is 10.1. The topological polar surface area (TPSA) is 43.1 Å². The first-order valence-corrected chi connectivity index (χ1v) is 8.67. The molecule has 7 heteroatoms. The standard InChI is InChI=1S/C16H10BrFN4S/c17-11-7-5-10(6-8-11)14-9-23-16-20-19-15(22(16)21-14)12-3-1-2-4-13(12)18/h1-8H,9H2. The Bertz CT molecular complexity index is 905. The molecule has 0 N–H and O–H groups in total. The monoisotopic (exact) mass is 388 g/mol. The summed E-state index contributed by atoms with van der Waals surface area (Å²) >= 11 is 4.97. The molecule has 23 heavy (non-hydrogen) atoms. The second kappa shape index (κ2) is 5.90. The van der Waals surface area contributed by atoms with Crippen molar-refractivity contribution in [3.05, 3.63) is 64.4 Å². The van der Waals surface area contributed by atoms with Gasteiger partial charge in [0, 0.05) is 10.2 Å². The van der Waals surface area contributed by atoms with Gasteiger partial charge in [-0.05, 0) is 29.8 Å². The third kappa shape index (κ3) is 2.70. The lowest BCUT2D eigenvalue weighted by Gasteiger charge is -2.14. The number of rotatable bonds is 2. The number of hydrogen-bond donors (Lipinski definition) is 0. The maximum atomic E-state index is 14.0. The zero-order valence-electron chi connectivity index (χ0n) is 11.8. The van der Waals surface area contributed by atoms with Crippen LogP contribution in [0.3, 0.4) is 0 Å². The summed E-state index contributed by atoms with van der Waals surface area (Å²) in [4.78, 5) is 0. The molecule has 2 aromatic carbocycles. The van der Waals surface area contributed by atoms with E-state index < -0.39 is 0 Å². The van der Waals surface area contributed by atoms with Gasteiger partial charge in [0.1, 0.15) is 5.82 Å². The van der Waals surface area contributed by atoms with Crippen molar-refractivity contribution in [2.45, 2.75) is 5.16 Å². The molecule has 114 valence electrons. The Morgan fingerprint density at radius 3 is 2.61 bits per heavy atom. The maximum Gasteiger partial charge on any atom is 0.212 e. The minimum Gasteiger partial charge on any atom is -0.206 e. The van der Waals surface area contributed by atoms with Crippen molar-refractivity contribution < 1.29 is 4.39 Å². The van der Waals surface area contributed by atoms with Crippen LogP contribution in [0.4, 0.5) is 4.39 Å². The fourth-order valence-corrected chi connectivity index (χ4v) is 3.42. The summed E-state index contributed by atoms with van der Waals surface area (Å²) in [6.07, 6.45) is 0. The number of nitrogens with zero attached hydrogens (tertiary/aromatic N) is 4. The number of fused-ring (bicyclic) bond motifs is 1. The predicted octanol–water partition coefficient (Wildman–Crippen LogP) is 4.20. The van der Waals surface area contributed by atoms with Gasteiger partial charge in [0.2, 0.25) is 5.16 Å². The Kier molecular flexibility index (Phi) is 3.74. The third-order valence-electron chi connectivity index (χ3n) is 3.46. The van der Waals surface area contributed by atoms with Crippen LogP contribution in [0.25, 0.3) is 11.4 Å². The molecule has 0 spiro atoms. The molecule has 0 saturated heterocycles. The molecule has 4 nitrogen and oxygen atoms in total. The Morgan fingerprint density at radius 2 is 1.83 bits per heavy atom. The molecule has 0 fully saturated rings. The average molecular weight is 389 g/mol. The van der Waals surface area contributed by atoms with E-state index >= 15 is 0 Å². The summed E-state index contributed by atoms with van der Waals surface area (Å²) in [5.74, 6) is 0.787. The van der Waals surface area contributed by atoms with Gasteiger partial charge in [0.25, 0.3) is 0 Å². The second-order valence-electron chi connectivity index (χ2n) is 4.94. The SMILES string of the molecule is Fc1ccccc1-c1nnc2n1N=C(c1ccc(Br)cc1)CS2. The van der Waals surface area contributed by atoms with Crippen molar-refractivity contribution in [1.82, 2.24) is 14.9 Å². The van der Waals surface area contributed by atoms with Crippen molar-refractivity contribution in [3.8, 4) is 11.4 Å². The first kappa shape index (κ1) is 14.6. The lowest BCUT2D eigenvalue weighted by Crippen LogP contribution is -2.13. The summed E-state index contributed by atoms with van der Waals surface area (Å²) in [5.41, 5.74) is 2.33. The molecular weight excluding hydrogens is 379 g/mol. The molecule has 0 atom stereocenters. The number of thioether (sulfide) groups is 1.